The van der Waals surface area contributed by atoms with E-state index in [9.17, 15) is 0 Å². The van der Waals surface area contributed by atoms with Crippen LogP contribution in [0.2, 0.25) is 0 Å². The van der Waals surface area contributed by atoms with Crippen LogP contribution in [-0.2, 0) is 6.42 Å². The molecule has 1 atom stereocenters. The second-order valence-corrected chi connectivity index (χ2v) is 4.30. The third-order valence-electron chi connectivity index (χ3n) is 1.97. The van der Waals surface area contributed by atoms with E-state index in [0.717, 1.165) is 12.4 Å². The van der Waals surface area contributed by atoms with Crippen molar-refractivity contribution in [2.75, 3.05) is 5.32 Å². The van der Waals surface area contributed by atoms with Crippen molar-refractivity contribution in [3.8, 4) is 0 Å². The molecule has 1 unspecified atom stereocenters. The Morgan fingerprint density at radius 3 is 3.21 bits per heavy atom. The summed E-state index contributed by atoms with van der Waals surface area (Å²) >= 11 is 1.79. The molecule has 3 nitrogen and oxygen atoms in total. The normalized spacial score (nSPS) is 12.6. The fraction of sp³-hybridized carbons (Fsp3) is 0.300. The lowest BCUT2D eigenvalue weighted by Crippen LogP contribution is -2.18. The van der Waals surface area contributed by atoms with E-state index in [2.05, 4.69) is 39.7 Å². The Kier molecular flexibility index (Phi) is 2.84. The minimum absolute atomic E-state index is 0.403. The van der Waals surface area contributed by atoms with Gasteiger partial charge in [0.1, 0.15) is 0 Å². The number of hydrogen-bond acceptors (Lipinski definition) is 3. The summed E-state index contributed by atoms with van der Waals surface area (Å²) in [6.45, 7) is 2.16. The van der Waals surface area contributed by atoms with Crippen molar-refractivity contribution in [1.82, 2.24) is 9.97 Å². The lowest BCUT2D eigenvalue weighted by atomic mass is 10.2. The molecule has 0 aliphatic carbocycles. The van der Waals surface area contributed by atoms with E-state index < -0.39 is 0 Å². The van der Waals surface area contributed by atoms with Crippen LogP contribution in [0.5, 0.6) is 0 Å². The molecule has 2 aromatic rings. The maximum Gasteiger partial charge on any atom is 0.200 e. The maximum absolute atomic E-state index is 4.12. The van der Waals surface area contributed by atoms with Crippen molar-refractivity contribution in [2.45, 2.75) is 19.4 Å². The molecule has 0 spiro atoms. The summed E-state index contributed by atoms with van der Waals surface area (Å²) in [4.78, 5) is 8.55. The van der Waals surface area contributed by atoms with Crippen molar-refractivity contribution in [3.63, 3.8) is 0 Å². The third-order valence-corrected chi connectivity index (χ3v) is 2.87. The van der Waals surface area contributed by atoms with Crippen LogP contribution >= 0.6 is 11.3 Å². The van der Waals surface area contributed by atoms with Gasteiger partial charge >= 0.3 is 0 Å². The van der Waals surface area contributed by atoms with Crippen LogP contribution in [-0.4, -0.2) is 16.0 Å². The van der Waals surface area contributed by atoms with Gasteiger partial charge in [-0.25, -0.2) is 4.98 Å². The summed E-state index contributed by atoms with van der Waals surface area (Å²) in [5.41, 5.74) is 0. The first kappa shape index (κ1) is 9.27. The van der Waals surface area contributed by atoms with Gasteiger partial charge in [0.2, 0.25) is 0 Å². The molecular formula is C10H13N3S. The Labute approximate surface area is 87.2 Å². The van der Waals surface area contributed by atoms with Gasteiger partial charge in [-0.2, -0.15) is 0 Å². The minimum Gasteiger partial charge on any atom is -0.353 e. The number of hydrogen-bond donors (Lipinski definition) is 2. The highest BCUT2D eigenvalue weighted by atomic mass is 32.1. The zero-order chi connectivity index (χ0) is 9.80. The summed E-state index contributed by atoms with van der Waals surface area (Å²) in [6, 6.07) is 4.64. The number of H-pyrrole nitrogens is 1. The molecule has 2 heterocycles. The summed E-state index contributed by atoms with van der Waals surface area (Å²) in [5.74, 6) is 0.842. The van der Waals surface area contributed by atoms with Crippen molar-refractivity contribution in [3.05, 3.63) is 34.8 Å². The molecular weight excluding hydrogens is 194 g/mol. The molecule has 0 fully saturated rings. The minimum atomic E-state index is 0.403. The number of thiophene rings is 1. The first-order valence-corrected chi connectivity index (χ1v) is 5.51. The standard InChI is InChI=1S/C10H13N3S/c1-8(7-9-3-2-6-14-9)13-10-11-4-5-12-10/h2-6,8H,7H2,1H3,(H2,11,12,13). The quantitative estimate of drug-likeness (QED) is 0.808. The Balaban J connectivity index is 1.88. The van der Waals surface area contributed by atoms with Crippen LogP contribution in [0, 0.1) is 0 Å². The van der Waals surface area contributed by atoms with E-state index in [1.54, 1.807) is 17.5 Å². The van der Waals surface area contributed by atoms with Gasteiger partial charge in [-0.1, -0.05) is 6.07 Å². The first-order chi connectivity index (χ1) is 6.84. The van der Waals surface area contributed by atoms with Gasteiger partial charge in [-0.3, -0.25) is 0 Å². The van der Waals surface area contributed by atoms with E-state index in [0.29, 0.717) is 6.04 Å². The molecule has 0 saturated heterocycles. The molecule has 0 bridgehead atoms. The van der Waals surface area contributed by atoms with Gasteiger partial charge in [-0.15, -0.1) is 11.3 Å². The highest BCUT2D eigenvalue weighted by Crippen LogP contribution is 2.12. The van der Waals surface area contributed by atoms with Crippen LogP contribution < -0.4 is 5.32 Å². The molecule has 0 aliphatic rings. The Bertz CT molecular complexity index is 316. The molecule has 4 heteroatoms. The Morgan fingerprint density at radius 2 is 2.57 bits per heavy atom. The third kappa shape index (κ3) is 2.35. The van der Waals surface area contributed by atoms with Crippen LogP contribution in [0.1, 0.15) is 11.8 Å². The molecule has 0 aliphatic heterocycles. The lowest BCUT2D eigenvalue weighted by molar-refractivity contribution is 0.790. The molecule has 2 aromatic heterocycles. The number of nitrogens with one attached hydrogen (secondary N) is 2. The van der Waals surface area contributed by atoms with E-state index in [1.807, 2.05) is 6.20 Å². The molecule has 0 radical (unpaired) electrons. The van der Waals surface area contributed by atoms with Gasteiger partial charge in [-0.05, 0) is 18.4 Å². The van der Waals surface area contributed by atoms with E-state index in [4.69, 9.17) is 0 Å². The van der Waals surface area contributed by atoms with Crippen molar-refractivity contribution in [1.29, 1.82) is 0 Å². The van der Waals surface area contributed by atoms with E-state index in [1.165, 1.54) is 4.88 Å². The lowest BCUT2D eigenvalue weighted by Gasteiger charge is -2.11. The second kappa shape index (κ2) is 4.28. The van der Waals surface area contributed by atoms with Gasteiger partial charge < -0.3 is 10.3 Å². The van der Waals surface area contributed by atoms with Gasteiger partial charge in [0.05, 0.1) is 0 Å². The summed E-state index contributed by atoms with van der Waals surface area (Å²) in [5, 5.41) is 5.41. The molecule has 14 heavy (non-hydrogen) atoms. The zero-order valence-corrected chi connectivity index (χ0v) is 8.84. The van der Waals surface area contributed by atoms with Crippen molar-refractivity contribution < 1.29 is 0 Å². The average Bonchev–Trinajstić information content (AvgIpc) is 2.76. The van der Waals surface area contributed by atoms with Gasteiger partial charge in [0.25, 0.3) is 0 Å². The average molecular weight is 207 g/mol. The van der Waals surface area contributed by atoms with Crippen molar-refractivity contribution >= 4 is 17.3 Å². The topological polar surface area (TPSA) is 40.7 Å². The summed E-state index contributed by atoms with van der Waals surface area (Å²) in [7, 11) is 0. The molecule has 0 saturated carbocycles. The number of aromatic amines is 1. The fourth-order valence-electron chi connectivity index (χ4n) is 1.36. The van der Waals surface area contributed by atoms with Gasteiger partial charge in [0.15, 0.2) is 5.95 Å². The largest absolute Gasteiger partial charge is 0.353 e. The van der Waals surface area contributed by atoms with E-state index in [-0.39, 0.29) is 0 Å². The predicted octanol–water partition coefficient (Wildman–Crippen LogP) is 2.51. The fourth-order valence-corrected chi connectivity index (χ4v) is 2.19. The van der Waals surface area contributed by atoms with Crippen LogP contribution in [0.3, 0.4) is 0 Å². The first-order valence-electron chi connectivity index (χ1n) is 4.63. The highest BCUT2D eigenvalue weighted by molar-refractivity contribution is 7.09. The number of aromatic nitrogens is 2. The molecule has 74 valence electrons. The monoisotopic (exact) mass is 207 g/mol. The number of imidazole rings is 1. The predicted molar refractivity (Wildman–Crippen MR) is 59.7 cm³/mol. The SMILES string of the molecule is CC(Cc1cccs1)Nc1ncc[nH]1. The molecule has 2 rings (SSSR count). The van der Waals surface area contributed by atoms with Crippen LogP contribution in [0.25, 0.3) is 0 Å². The maximum atomic E-state index is 4.12. The number of nitrogens with zero attached hydrogens (tertiary/aromatic N) is 1. The second-order valence-electron chi connectivity index (χ2n) is 3.27. The summed E-state index contributed by atoms with van der Waals surface area (Å²) in [6.07, 6.45) is 4.61. The van der Waals surface area contributed by atoms with Gasteiger partial charge in [0, 0.05) is 29.7 Å². The Hall–Kier alpha value is -1.29. The van der Waals surface area contributed by atoms with Crippen molar-refractivity contribution in [2.24, 2.45) is 0 Å². The number of rotatable bonds is 4. The molecule has 0 aromatic carbocycles. The van der Waals surface area contributed by atoms with E-state index >= 15 is 0 Å². The Morgan fingerprint density at radius 1 is 1.64 bits per heavy atom. The smallest absolute Gasteiger partial charge is 0.200 e. The highest BCUT2D eigenvalue weighted by Gasteiger charge is 2.04. The zero-order valence-electron chi connectivity index (χ0n) is 8.03. The molecule has 0 amide bonds. The van der Waals surface area contributed by atoms with Crippen LogP contribution in [0.15, 0.2) is 29.9 Å². The van der Waals surface area contributed by atoms with Crippen LogP contribution in [0.4, 0.5) is 5.95 Å². The molecule has 2 N–H and O–H groups in total. The summed E-state index contributed by atoms with van der Waals surface area (Å²) < 4.78 is 0. The number of anilines is 1.